The van der Waals surface area contributed by atoms with E-state index in [4.69, 9.17) is 9.47 Å². The van der Waals surface area contributed by atoms with Gasteiger partial charge in [-0.15, -0.1) is 0 Å². The predicted molar refractivity (Wildman–Crippen MR) is 106 cm³/mol. The van der Waals surface area contributed by atoms with E-state index in [9.17, 15) is 9.59 Å². The van der Waals surface area contributed by atoms with Crippen LogP contribution in [0.25, 0.3) is 0 Å². The summed E-state index contributed by atoms with van der Waals surface area (Å²) in [4.78, 5) is 35.9. The number of aromatic amines is 1. The number of carbonyl (C=O) groups is 2. The number of methoxy groups -OCH3 is 2. The van der Waals surface area contributed by atoms with Gasteiger partial charge in [-0.2, -0.15) is 0 Å². The Balaban J connectivity index is 1.68. The molecule has 2 amide bonds. The van der Waals surface area contributed by atoms with Crippen LogP contribution in [0, 0.1) is 0 Å². The minimum absolute atomic E-state index is 0.107. The molecule has 156 valence electrons. The number of hydrogen-bond donors (Lipinski definition) is 2. The van der Waals surface area contributed by atoms with Gasteiger partial charge in [0.15, 0.2) is 11.5 Å². The molecule has 0 spiro atoms. The van der Waals surface area contributed by atoms with Crippen molar-refractivity contribution in [3.8, 4) is 11.5 Å². The monoisotopic (exact) mass is 401 g/mol. The zero-order valence-corrected chi connectivity index (χ0v) is 17.0. The molecule has 9 nitrogen and oxygen atoms in total. The number of rotatable bonds is 8. The van der Waals surface area contributed by atoms with Crippen LogP contribution in [0.2, 0.25) is 0 Å². The van der Waals surface area contributed by atoms with E-state index in [0.717, 1.165) is 5.56 Å². The molecule has 2 aromatic rings. The zero-order valence-electron chi connectivity index (χ0n) is 17.0. The molecule has 1 aliphatic heterocycles. The highest BCUT2D eigenvalue weighted by atomic mass is 16.5. The second-order valence-electron chi connectivity index (χ2n) is 6.96. The maximum Gasteiger partial charge on any atom is 0.237 e. The smallest absolute Gasteiger partial charge is 0.237 e. The Bertz CT molecular complexity index is 839. The third-order valence-electron chi connectivity index (χ3n) is 5.01. The molecule has 1 unspecified atom stereocenters. The molecule has 9 heteroatoms. The average molecular weight is 401 g/mol. The molecule has 3 rings (SSSR count). The van der Waals surface area contributed by atoms with Gasteiger partial charge in [-0.1, -0.05) is 6.07 Å². The van der Waals surface area contributed by atoms with Gasteiger partial charge in [0, 0.05) is 39.1 Å². The molecule has 0 radical (unpaired) electrons. The summed E-state index contributed by atoms with van der Waals surface area (Å²) in [5.41, 5.74) is 0.985. The first-order chi connectivity index (χ1) is 14.0. The fraction of sp³-hybridized carbons (Fsp3) is 0.450. The van der Waals surface area contributed by atoms with Crippen molar-refractivity contribution in [2.24, 2.45) is 0 Å². The predicted octanol–water partition coefficient (Wildman–Crippen LogP) is 0.776. The summed E-state index contributed by atoms with van der Waals surface area (Å²) in [7, 11) is 4.89. The lowest BCUT2D eigenvalue weighted by Crippen LogP contribution is -2.56. The zero-order chi connectivity index (χ0) is 20.8. The van der Waals surface area contributed by atoms with E-state index in [1.807, 2.05) is 23.1 Å². The first-order valence-electron chi connectivity index (χ1n) is 9.46. The van der Waals surface area contributed by atoms with Crippen LogP contribution in [0.15, 0.2) is 30.6 Å². The lowest BCUT2D eigenvalue weighted by Gasteiger charge is -2.35. The molecule has 2 N–H and O–H groups in total. The number of imidazole rings is 1. The Morgan fingerprint density at radius 2 is 2.10 bits per heavy atom. The second-order valence-corrected chi connectivity index (χ2v) is 6.96. The molecular weight excluding hydrogens is 374 g/mol. The van der Waals surface area contributed by atoms with Gasteiger partial charge in [0.1, 0.15) is 5.82 Å². The first kappa shape index (κ1) is 20.7. The maximum atomic E-state index is 12.7. The SMILES string of the molecule is COc1ccc(CN2CCNC(=O)C2CC(=O)N(C)Cc2ncc[nH]2)cc1OC. The number of benzene rings is 1. The Labute approximate surface area is 170 Å². The molecule has 1 atom stereocenters. The summed E-state index contributed by atoms with van der Waals surface area (Å²) in [6.45, 7) is 2.13. The van der Waals surface area contributed by atoms with Gasteiger partial charge in [-0.05, 0) is 17.7 Å². The number of aromatic nitrogens is 2. The third kappa shape index (κ3) is 5.05. The molecule has 0 bridgehead atoms. The molecule has 1 aromatic heterocycles. The maximum absolute atomic E-state index is 12.7. The number of hydrogen-bond acceptors (Lipinski definition) is 6. The molecular formula is C20H27N5O4. The van der Waals surface area contributed by atoms with Gasteiger partial charge in [-0.25, -0.2) is 4.98 Å². The van der Waals surface area contributed by atoms with Gasteiger partial charge >= 0.3 is 0 Å². The van der Waals surface area contributed by atoms with Crippen LogP contribution in [0.5, 0.6) is 11.5 Å². The molecule has 0 aliphatic carbocycles. The van der Waals surface area contributed by atoms with Gasteiger partial charge in [0.25, 0.3) is 0 Å². The first-order valence-corrected chi connectivity index (χ1v) is 9.46. The van der Waals surface area contributed by atoms with Crippen molar-refractivity contribution in [2.45, 2.75) is 25.6 Å². The van der Waals surface area contributed by atoms with E-state index in [2.05, 4.69) is 15.3 Å². The number of H-pyrrole nitrogens is 1. The minimum Gasteiger partial charge on any atom is -0.493 e. The molecule has 1 aliphatic rings. The van der Waals surface area contributed by atoms with Crippen LogP contribution in [0.3, 0.4) is 0 Å². The Kier molecular flexibility index (Phi) is 6.71. The van der Waals surface area contributed by atoms with E-state index in [1.54, 1.807) is 38.6 Å². The molecule has 2 heterocycles. The normalized spacial score (nSPS) is 16.9. The van der Waals surface area contributed by atoms with E-state index in [0.29, 0.717) is 43.5 Å². The van der Waals surface area contributed by atoms with E-state index in [-0.39, 0.29) is 18.2 Å². The van der Waals surface area contributed by atoms with Crippen molar-refractivity contribution in [3.05, 3.63) is 42.0 Å². The Hall–Kier alpha value is -3.07. The average Bonchev–Trinajstić information content (AvgIpc) is 3.23. The van der Waals surface area contributed by atoms with Crippen LogP contribution in [0.4, 0.5) is 0 Å². The number of carbonyl (C=O) groups excluding carboxylic acids is 2. The Morgan fingerprint density at radius 1 is 1.31 bits per heavy atom. The van der Waals surface area contributed by atoms with Crippen LogP contribution in [0.1, 0.15) is 17.8 Å². The van der Waals surface area contributed by atoms with Gasteiger partial charge in [0.2, 0.25) is 11.8 Å². The van der Waals surface area contributed by atoms with Crippen LogP contribution < -0.4 is 14.8 Å². The van der Waals surface area contributed by atoms with Gasteiger partial charge in [0.05, 0.1) is 33.2 Å². The van der Waals surface area contributed by atoms with Gasteiger partial charge < -0.3 is 24.7 Å². The van der Waals surface area contributed by atoms with Crippen molar-refractivity contribution >= 4 is 11.8 Å². The molecule has 0 saturated carbocycles. The van der Waals surface area contributed by atoms with Gasteiger partial charge in [-0.3, -0.25) is 14.5 Å². The van der Waals surface area contributed by atoms with Crippen molar-refractivity contribution in [1.82, 2.24) is 25.1 Å². The Morgan fingerprint density at radius 3 is 2.79 bits per heavy atom. The fourth-order valence-corrected chi connectivity index (χ4v) is 3.41. The lowest BCUT2D eigenvalue weighted by atomic mass is 10.1. The van der Waals surface area contributed by atoms with Crippen molar-refractivity contribution in [1.29, 1.82) is 0 Å². The summed E-state index contributed by atoms with van der Waals surface area (Å²) in [6, 6.07) is 5.15. The van der Waals surface area contributed by atoms with E-state index in [1.165, 1.54) is 0 Å². The van der Waals surface area contributed by atoms with Crippen molar-refractivity contribution in [2.75, 3.05) is 34.4 Å². The van der Waals surface area contributed by atoms with E-state index < -0.39 is 6.04 Å². The van der Waals surface area contributed by atoms with Crippen molar-refractivity contribution < 1.29 is 19.1 Å². The summed E-state index contributed by atoms with van der Waals surface area (Å²) in [5, 5.41) is 2.86. The third-order valence-corrected chi connectivity index (χ3v) is 5.01. The highest BCUT2D eigenvalue weighted by molar-refractivity contribution is 5.88. The van der Waals surface area contributed by atoms with Crippen LogP contribution in [-0.4, -0.2) is 72.0 Å². The standard InChI is InChI=1S/C20H27N5O4/c1-24(13-18-21-6-7-22-18)19(26)11-15-20(27)23-8-9-25(15)12-14-4-5-16(28-2)17(10-14)29-3/h4-7,10,15H,8-9,11-13H2,1-3H3,(H,21,22)(H,23,27). The largest absolute Gasteiger partial charge is 0.493 e. The second kappa shape index (κ2) is 9.42. The number of piperazine rings is 1. The fourth-order valence-electron chi connectivity index (χ4n) is 3.41. The quantitative estimate of drug-likeness (QED) is 0.678. The molecule has 1 fully saturated rings. The number of amides is 2. The summed E-state index contributed by atoms with van der Waals surface area (Å²) >= 11 is 0. The number of nitrogens with one attached hydrogen (secondary N) is 2. The molecule has 1 saturated heterocycles. The molecule has 29 heavy (non-hydrogen) atoms. The number of nitrogens with zero attached hydrogens (tertiary/aromatic N) is 3. The van der Waals surface area contributed by atoms with Crippen molar-refractivity contribution in [3.63, 3.8) is 0 Å². The molecule has 1 aromatic carbocycles. The number of ether oxygens (including phenoxy) is 2. The summed E-state index contributed by atoms with van der Waals surface area (Å²) in [5.74, 6) is 1.75. The van der Waals surface area contributed by atoms with Crippen LogP contribution >= 0.6 is 0 Å². The van der Waals surface area contributed by atoms with Crippen LogP contribution in [-0.2, 0) is 22.7 Å². The lowest BCUT2D eigenvalue weighted by molar-refractivity contribution is -0.138. The summed E-state index contributed by atoms with van der Waals surface area (Å²) < 4.78 is 10.6. The minimum atomic E-state index is -0.525. The van der Waals surface area contributed by atoms with E-state index >= 15 is 0 Å². The summed E-state index contributed by atoms with van der Waals surface area (Å²) in [6.07, 6.45) is 3.47. The highest BCUT2D eigenvalue weighted by Crippen LogP contribution is 2.28. The highest BCUT2D eigenvalue weighted by Gasteiger charge is 2.32. The topological polar surface area (TPSA) is 99.8 Å².